The predicted molar refractivity (Wildman–Crippen MR) is 281 cm³/mol. The average molecular weight is 1000 g/mol. The van der Waals surface area contributed by atoms with Crippen LogP contribution < -0.4 is 39.0 Å². The maximum Gasteiger partial charge on any atom is 0.261 e. The van der Waals surface area contributed by atoms with Crippen LogP contribution in [0.1, 0.15) is 55.8 Å². The Morgan fingerprint density at radius 3 is 2.01 bits per heavy atom. The molecule has 0 spiro atoms. The molecule has 4 aliphatic heterocycles. The number of ether oxygens (including phenoxy) is 7. The second kappa shape index (κ2) is 22.3. The monoisotopic (exact) mass is 1000 g/mol. The highest BCUT2D eigenvalue weighted by molar-refractivity contribution is 8.01. The zero-order chi connectivity index (χ0) is 50.4. The molecule has 0 radical (unpaired) electrons. The lowest BCUT2D eigenvalue weighted by atomic mass is 10.1. The number of nitrogens with zero attached hydrogens (tertiary/aromatic N) is 4. The summed E-state index contributed by atoms with van der Waals surface area (Å²) in [5.41, 5.74) is 8.00. The molecule has 3 amide bonds. The van der Waals surface area contributed by atoms with Gasteiger partial charge in [-0.2, -0.15) is 0 Å². The highest BCUT2D eigenvalue weighted by Crippen LogP contribution is 2.43. The van der Waals surface area contributed by atoms with Crippen LogP contribution in [0.3, 0.4) is 0 Å². The molecule has 9 rings (SSSR count). The molecule has 5 aromatic rings. The van der Waals surface area contributed by atoms with Crippen molar-refractivity contribution in [2.75, 3.05) is 106 Å². The summed E-state index contributed by atoms with van der Waals surface area (Å²) in [7, 11) is 2.32. The van der Waals surface area contributed by atoms with Crippen molar-refractivity contribution in [1.82, 2.24) is 0 Å². The van der Waals surface area contributed by atoms with Gasteiger partial charge in [0.05, 0.1) is 81.8 Å². The molecule has 17 heteroatoms. The summed E-state index contributed by atoms with van der Waals surface area (Å²) in [5.74, 6) is 1.55. The molecule has 0 aliphatic carbocycles. The number of anilines is 4. The van der Waals surface area contributed by atoms with E-state index in [-0.39, 0.29) is 62.6 Å². The number of benzene rings is 5. The number of rotatable bonds is 22. The van der Waals surface area contributed by atoms with Crippen LogP contribution in [0.5, 0.6) is 23.0 Å². The first kappa shape index (κ1) is 50.2. The van der Waals surface area contributed by atoms with Gasteiger partial charge in [0, 0.05) is 74.2 Å². The van der Waals surface area contributed by atoms with Crippen molar-refractivity contribution in [3.8, 4) is 23.0 Å². The molecule has 0 fully saturated rings. The van der Waals surface area contributed by atoms with E-state index in [4.69, 9.17) is 38.2 Å². The maximum atomic E-state index is 14.2. The average Bonchev–Trinajstić information content (AvgIpc) is 3.87. The van der Waals surface area contributed by atoms with Gasteiger partial charge in [-0.3, -0.25) is 28.5 Å². The Bertz CT molecular complexity index is 2900. The number of thiol groups is 1. The second-order valence-electron chi connectivity index (χ2n) is 18.7. The van der Waals surface area contributed by atoms with Crippen molar-refractivity contribution in [2.24, 2.45) is 4.99 Å². The van der Waals surface area contributed by atoms with Crippen LogP contribution in [0.4, 0.5) is 28.4 Å². The van der Waals surface area contributed by atoms with Gasteiger partial charge in [0.1, 0.15) is 13.2 Å². The number of fused-ring (bicyclic) bond motifs is 8. The van der Waals surface area contributed by atoms with E-state index >= 15 is 0 Å². The summed E-state index contributed by atoms with van der Waals surface area (Å²) in [4.78, 5) is 52.7. The van der Waals surface area contributed by atoms with E-state index in [9.17, 15) is 18.6 Å². The van der Waals surface area contributed by atoms with Crippen molar-refractivity contribution < 1.29 is 51.8 Å². The molecule has 4 heterocycles. The fraction of sp³-hybridized carbons (Fsp3) is 0.382. The lowest BCUT2D eigenvalue weighted by molar-refractivity contribution is -0.118. The molecule has 2 atom stereocenters. The minimum atomic E-state index is -2.36. The fourth-order valence-electron chi connectivity index (χ4n) is 9.75. The van der Waals surface area contributed by atoms with Crippen molar-refractivity contribution in [3.05, 3.63) is 124 Å². The highest BCUT2D eigenvalue weighted by Gasteiger charge is 2.39. The Balaban J connectivity index is 1.00. The van der Waals surface area contributed by atoms with Gasteiger partial charge in [-0.15, -0.1) is 9.93 Å². The zero-order valence-electron chi connectivity index (χ0n) is 41.5. The molecule has 1 N–H and O–H groups in total. The number of nitrogens with one attached hydrogen (secondary N) is 1. The second-order valence-corrected chi connectivity index (χ2v) is 22.3. The normalized spacial score (nSPS) is 16.6. The minimum absolute atomic E-state index is 0.0387. The van der Waals surface area contributed by atoms with Gasteiger partial charge in [0.2, 0.25) is 5.91 Å². The van der Waals surface area contributed by atoms with E-state index in [1.807, 2.05) is 71.8 Å². The quantitative estimate of drug-likeness (QED) is 0.0529. The van der Waals surface area contributed by atoms with Gasteiger partial charge >= 0.3 is 0 Å². The SMILES string of the molecule is COCCOCCOCCN(C(=O)CCC[SH](C)(C)=O)c1cc(COc2cc3c(cc2OC)C(=O)N2c4ccccc4CC2C=N3)cc(COc2cc3c(cc2OC)C(=O)N2c4ccccc4C[C@H]2CN3)c1. The third-order valence-corrected chi connectivity index (χ3v) is 14.7. The lowest BCUT2D eigenvalue weighted by Gasteiger charge is -2.25. The Kier molecular flexibility index (Phi) is 15.6. The van der Waals surface area contributed by atoms with E-state index < -0.39 is 9.93 Å². The molecule has 72 heavy (non-hydrogen) atoms. The van der Waals surface area contributed by atoms with Gasteiger partial charge in [0.15, 0.2) is 23.0 Å². The smallest absolute Gasteiger partial charge is 0.261 e. The molecule has 16 nitrogen and oxygen atoms in total. The molecule has 5 aromatic carbocycles. The fourth-order valence-corrected chi connectivity index (χ4v) is 10.7. The van der Waals surface area contributed by atoms with Gasteiger partial charge in [-0.1, -0.05) is 36.4 Å². The number of hydrogen-bond acceptors (Lipinski definition) is 13. The number of para-hydroxylation sites is 2. The summed E-state index contributed by atoms with van der Waals surface area (Å²) < 4.78 is 54.1. The molecule has 380 valence electrons. The number of hydrogen-bond donors (Lipinski definition) is 2. The van der Waals surface area contributed by atoms with Gasteiger partial charge in [-0.25, -0.2) is 0 Å². The van der Waals surface area contributed by atoms with Crippen LogP contribution in [0.25, 0.3) is 0 Å². The van der Waals surface area contributed by atoms with Crippen LogP contribution in [-0.4, -0.2) is 126 Å². The van der Waals surface area contributed by atoms with Gasteiger partial charge in [-0.05, 0) is 90.1 Å². The molecular formula is C55H63N5O11S. The summed E-state index contributed by atoms with van der Waals surface area (Å²) >= 11 is 0. The van der Waals surface area contributed by atoms with Crippen LogP contribution in [0.2, 0.25) is 0 Å². The Hall–Kier alpha value is -6.79. The predicted octanol–water partition coefficient (Wildman–Crippen LogP) is 7.22. The minimum Gasteiger partial charge on any atom is -0.493 e. The Labute approximate surface area is 421 Å². The molecule has 0 saturated heterocycles. The van der Waals surface area contributed by atoms with Crippen LogP contribution >= 0.6 is 0 Å². The largest absolute Gasteiger partial charge is 0.493 e. The summed E-state index contributed by atoms with van der Waals surface area (Å²) in [5, 5.41) is 3.50. The third kappa shape index (κ3) is 11.1. The molecule has 0 saturated carbocycles. The first-order valence-corrected chi connectivity index (χ1v) is 27.1. The van der Waals surface area contributed by atoms with Crippen LogP contribution in [0.15, 0.2) is 96.0 Å². The van der Waals surface area contributed by atoms with Crippen molar-refractivity contribution >= 4 is 62.3 Å². The topological polar surface area (TPSA) is 167 Å². The number of carbonyl (C=O) groups is 3. The maximum absolute atomic E-state index is 14.2. The van der Waals surface area contributed by atoms with Crippen LogP contribution in [-0.2, 0) is 55.0 Å². The molecular weight excluding hydrogens is 939 g/mol. The Morgan fingerprint density at radius 2 is 1.33 bits per heavy atom. The zero-order valence-corrected chi connectivity index (χ0v) is 42.4. The number of methoxy groups -OCH3 is 3. The van der Waals surface area contributed by atoms with Crippen molar-refractivity contribution in [2.45, 2.75) is 51.0 Å². The van der Waals surface area contributed by atoms with Gasteiger partial charge < -0.3 is 48.3 Å². The molecule has 4 aliphatic rings. The van der Waals surface area contributed by atoms with E-state index in [0.29, 0.717) is 114 Å². The van der Waals surface area contributed by atoms with E-state index in [0.717, 1.165) is 28.9 Å². The summed E-state index contributed by atoms with van der Waals surface area (Å²) in [6, 6.07) is 28.3. The third-order valence-electron chi connectivity index (χ3n) is 13.3. The van der Waals surface area contributed by atoms with Crippen molar-refractivity contribution in [1.29, 1.82) is 0 Å². The first-order chi connectivity index (χ1) is 34.9. The van der Waals surface area contributed by atoms with Crippen molar-refractivity contribution in [3.63, 3.8) is 0 Å². The highest BCUT2D eigenvalue weighted by atomic mass is 32.2. The van der Waals surface area contributed by atoms with Crippen LogP contribution in [0, 0.1) is 0 Å². The van der Waals surface area contributed by atoms with Gasteiger partial charge in [0.25, 0.3) is 11.8 Å². The molecule has 0 aromatic heterocycles. The Morgan fingerprint density at radius 1 is 0.722 bits per heavy atom. The van der Waals surface area contributed by atoms with E-state index in [1.54, 1.807) is 60.8 Å². The van der Waals surface area contributed by atoms with E-state index in [1.165, 1.54) is 7.11 Å². The molecule has 0 bridgehead atoms. The standard InChI is InChI=1S/C55H63N5O11S/c1-65-18-19-69-21-20-68-17-16-58(53(61)15-10-22-72(4,5)64)40-24-36(34-70-51-30-45-43(28-49(51)66-2)54(62)59-41(32-56-45)26-38-11-6-8-13-47(38)59)23-37(25-40)35-71-52-31-46-44(29-50(52)67-3)55(63)60-42(33-57-46)27-39-12-7-9-14-48(39)60/h6-9,11-14,23-25,28-32,41-42,57,72H,10,15-22,26-27,33-35H2,1-5H3/t41?,42-/m0/s1. The first-order valence-electron chi connectivity index (χ1n) is 24.3. The number of carbonyl (C=O) groups excluding carboxylic acids is 3. The number of amides is 3. The number of aliphatic imine (C=N–C) groups is 1. The molecule has 1 unspecified atom stereocenters. The summed E-state index contributed by atoms with van der Waals surface area (Å²) in [6.45, 7) is 2.71. The lowest BCUT2D eigenvalue weighted by Crippen LogP contribution is -2.39. The summed E-state index contributed by atoms with van der Waals surface area (Å²) in [6.07, 6.45) is 7.33. The van der Waals surface area contributed by atoms with E-state index in [2.05, 4.69) is 11.4 Å².